The van der Waals surface area contributed by atoms with Crippen LogP contribution in [0.25, 0.3) is 0 Å². The summed E-state index contributed by atoms with van der Waals surface area (Å²) < 4.78 is 0. The Labute approximate surface area is 154 Å². The normalized spacial score (nSPS) is 12.5. The Kier molecular flexibility index (Phi) is 9.73. The molecule has 3 nitrogen and oxygen atoms in total. The van der Waals surface area contributed by atoms with E-state index in [1.807, 2.05) is 45.0 Å². The number of benzene rings is 1. The Balaban J connectivity index is 0. The van der Waals surface area contributed by atoms with Crippen molar-refractivity contribution in [3.63, 3.8) is 0 Å². The van der Waals surface area contributed by atoms with Gasteiger partial charge >= 0.3 is 0 Å². The summed E-state index contributed by atoms with van der Waals surface area (Å²) in [7, 11) is 1.64. The molecular formula is C22H35NO2. The van der Waals surface area contributed by atoms with E-state index < -0.39 is 5.41 Å². The lowest BCUT2D eigenvalue weighted by Gasteiger charge is -2.34. The molecule has 0 saturated carbocycles. The number of amides is 1. The second kappa shape index (κ2) is 10.7. The van der Waals surface area contributed by atoms with E-state index in [-0.39, 0.29) is 19.0 Å². The number of hydrogen-bond donors (Lipinski definition) is 1. The molecule has 0 aliphatic rings. The van der Waals surface area contributed by atoms with Crippen LogP contribution < -0.4 is 5.32 Å². The molecule has 0 spiro atoms. The fourth-order valence-corrected chi connectivity index (χ4v) is 2.82. The van der Waals surface area contributed by atoms with Crippen molar-refractivity contribution in [1.29, 1.82) is 0 Å². The SMILES string of the molecule is C=C/C(=C\C)C(c1cccc(C(C)=O)c1)C(C)(C)C(=O)NC.CCC.[HH]. The molecule has 0 heterocycles. The van der Waals surface area contributed by atoms with E-state index in [2.05, 4.69) is 25.7 Å². The number of carbonyl (C=O) groups is 2. The standard InChI is InChI=1S/C19H25NO2.C3H8.H2/c1-7-14(8-2)17(19(4,5)18(22)20-6)16-11-9-10-15(12-16)13(3)21;1-3-2;/h7-12,17H,1H2,2-6H3,(H,20,22);3H2,1-2H3;1H/b14-8+;;. The number of rotatable bonds is 6. The highest BCUT2D eigenvalue weighted by Gasteiger charge is 2.38. The molecule has 0 aromatic heterocycles. The summed E-state index contributed by atoms with van der Waals surface area (Å²) in [5, 5.41) is 2.73. The van der Waals surface area contributed by atoms with Crippen molar-refractivity contribution in [3.05, 3.63) is 59.7 Å². The summed E-state index contributed by atoms with van der Waals surface area (Å²) >= 11 is 0. The van der Waals surface area contributed by atoms with Crippen molar-refractivity contribution in [3.8, 4) is 0 Å². The second-order valence-corrected chi connectivity index (χ2v) is 6.62. The molecule has 0 radical (unpaired) electrons. The van der Waals surface area contributed by atoms with E-state index in [4.69, 9.17) is 0 Å². The van der Waals surface area contributed by atoms with Gasteiger partial charge in [0.15, 0.2) is 5.78 Å². The van der Waals surface area contributed by atoms with Gasteiger partial charge in [-0.3, -0.25) is 9.59 Å². The maximum absolute atomic E-state index is 12.4. The Morgan fingerprint density at radius 1 is 1.32 bits per heavy atom. The Bertz CT molecular complexity index is 633. The van der Waals surface area contributed by atoms with E-state index in [0.29, 0.717) is 5.56 Å². The van der Waals surface area contributed by atoms with Gasteiger partial charge in [-0.1, -0.05) is 71.0 Å². The van der Waals surface area contributed by atoms with Crippen LogP contribution in [0, 0.1) is 5.41 Å². The van der Waals surface area contributed by atoms with Gasteiger partial charge < -0.3 is 5.32 Å². The van der Waals surface area contributed by atoms with Crippen molar-refractivity contribution < 1.29 is 11.0 Å². The highest BCUT2D eigenvalue weighted by atomic mass is 16.2. The molecule has 140 valence electrons. The number of hydrogen-bond acceptors (Lipinski definition) is 2. The van der Waals surface area contributed by atoms with Crippen molar-refractivity contribution >= 4 is 11.7 Å². The third-order valence-corrected chi connectivity index (χ3v) is 4.06. The zero-order valence-corrected chi connectivity index (χ0v) is 16.8. The predicted octanol–water partition coefficient (Wildman–Crippen LogP) is 5.54. The van der Waals surface area contributed by atoms with Crippen LogP contribution >= 0.6 is 0 Å². The molecule has 1 unspecified atom stereocenters. The van der Waals surface area contributed by atoms with Gasteiger partial charge in [0.25, 0.3) is 0 Å². The molecule has 1 aromatic rings. The van der Waals surface area contributed by atoms with Crippen LogP contribution in [-0.2, 0) is 4.79 Å². The fourth-order valence-electron chi connectivity index (χ4n) is 2.82. The lowest BCUT2D eigenvalue weighted by Crippen LogP contribution is -2.39. The zero-order chi connectivity index (χ0) is 19.6. The molecule has 25 heavy (non-hydrogen) atoms. The van der Waals surface area contributed by atoms with Crippen LogP contribution in [0.2, 0.25) is 0 Å². The van der Waals surface area contributed by atoms with Crippen molar-refractivity contribution in [2.24, 2.45) is 5.41 Å². The summed E-state index contributed by atoms with van der Waals surface area (Å²) in [6.07, 6.45) is 4.98. The average Bonchev–Trinajstić information content (AvgIpc) is 2.59. The van der Waals surface area contributed by atoms with Crippen LogP contribution in [0.5, 0.6) is 0 Å². The van der Waals surface area contributed by atoms with E-state index in [1.54, 1.807) is 26.1 Å². The molecule has 0 fully saturated rings. The first-order chi connectivity index (χ1) is 11.7. The molecule has 1 atom stereocenters. The Hall–Kier alpha value is -2.16. The molecule has 1 rings (SSSR count). The van der Waals surface area contributed by atoms with Gasteiger partial charge in [0.1, 0.15) is 0 Å². The topological polar surface area (TPSA) is 46.2 Å². The Morgan fingerprint density at radius 3 is 2.28 bits per heavy atom. The third-order valence-electron chi connectivity index (χ3n) is 4.06. The van der Waals surface area contributed by atoms with Gasteiger partial charge in [0.05, 0.1) is 5.41 Å². The van der Waals surface area contributed by atoms with E-state index in [0.717, 1.165) is 11.1 Å². The highest BCUT2D eigenvalue weighted by molar-refractivity contribution is 5.94. The van der Waals surface area contributed by atoms with Gasteiger partial charge in [0.2, 0.25) is 5.91 Å². The molecular weight excluding hydrogens is 310 g/mol. The maximum Gasteiger partial charge on any atom is 0.226 e. The highest BCUT2D eigenvalue weighted by Crippen LogP contribution is 2.42. The van der Waals surface area contributed by atoms with Crippen LogP contribution in [0.3, 0.4) is 0 Å². The van der Waals surface area contributed by atoms with Crippen LogP contribution in [0.15, 0.2) is 48.6 Å². The summed E-state index contributed by atoms with van der Waals surface area (Å²) in [6.45, 7) is 15.4. The number of Topliss-reactive ketones (excluding diaryl/α,β-unsaturated/α-hetero) is 1. The summed E-state index contributed by atoms with van der Waals surface area (Å²) in [4.78, 5) is 24.0. The van der Waals surface area contributed by atoms with Crippen molar-refractivity contribution in [1.82, 2.24) is 5.32 Å². The number of carbonyl (C=O) groups excluding carboxylic acids is 2. The van der Waals surface area contributed by atoms with Crippen molar-refractivity contribution in [2.75, 3.05) is 7.05 Å². The minimum Gasteiger partial charge on any atom is -0.359 e. The second-order valence-electron chi connectivity index (χ2n) is 6.62. The smallest absolute Gasteiger partial charge is 0.226 e. The molecule has 1 aromatic carbocycles. The number of allylic oxidation sites excluding steroid dienone is 3. The minimum atomic E-state index is -0.666. The molecule has 0 aliphatic heterocycles. The number of ketones is 1. The molecule has 0 bridgehead atoms. The first-order valence-corrected chi connectivity index (χ1v) is 8.82. The summed E-state index contributed by atoms with van der Waals surface area (Å²) in [5.41, 5.74) is 1.89. The fraction of sp³-hybridized carbons (Fsp3) is 0.455. The molecule has 0 saturated heterocycles. The van der Waals surface area contributed by atoms with Crippen LogP contribution in [-0.4, -0.2) is 18.7 Å². The van der Waals surface area contributed by atoms with Gasteiger partial charge in [0, 0.05) is 20.0 Å². The molecule has 1 amide bonds. The van der Waals surface area contributed by atoms with E-state index >= 15 is 0 Å². The minimum absolute atomic E-state index is 0. The Morgan fingerprint density at radius 2 is 1.88 bits per heavy atom. The third kappa shape index (κ3) is 6.00. The van der Waals surface area contributed by atoms with Gasteiger partial charge in [-0.25, -0.2) is 0 Å². The van der Waals surface area contributed by atoms with E-state index in [9.17, 15) is 9.59 Å². The molecule has 3 heteroatoms. The van der Waals surface area contributed by atoms with Crippen LogP contribution in [0.4, 0.5) is 0 Å². The summed E-state index contributed by atoms with van der Waals surface area (Å²) in [5.74, 6) is -0.208. The van der Waals surface area contributed by atoms with Gasteiger partial charge in [-0.15, -0.1) is 0 Å². The monoisotopic (exact) mass is 345 g/mol. The average molecular weight is 346 g/mol. The first kappa shape index (κ1) is 22.8. The zero-order valence-electron chi connectivity index (χ0n) is 16.8. The largest absolute Gasteiger partial charge is 0.359 e. The maximum atomic E-state index is 12.4. The number of nitrogens with one attached hydrogen (secondary N) is 1. The quantitative estimate of drug-likeness (QED) is 0.543. The lowest BCUT2D eigenvalue weighted by molar-refractivity contribution is -0.129. The van der Waals surface area contributed by atoms with Gasteiger partial charge in [-0.05, 0) is 31.1 Å². The van der Waals surface area contributed by atoms with Crippen LogP contribution in [0.1, 0.15) is 71.2 Å². The molecule has 1 N–H and O–H groups in total. The summed E-state index contributed by atoms with van der Waals surface area (Å²) in [6, 6.07) is 7.47. The lowest BCUT2D eigenvalue weighted by atomic mass is 9.70. The van der Waals surface area contributed by atoms with Gasteiger partial charge in [-0.2, -0.15) is 0 Å². The van der Waals surface area contributed by atoms with Crippen molar-refractivity contribution in [2.45, 2.75) is 53.9 Å². The molecule has 0 aliphatic carbocycles. The predicted molar refractivity (Wildman–Crippen MR) is 109 cm³/mol. The first-order valence-electron chi connectivity index (χ1n) is 8.82. The van der Waals surface area contributed by atoms with E-state index in [1.165, 1.54) is 6.42 Å².